The molecule has 0 aliphatic carbocycles. The Morgan fingerprint density at radius 3 is 2.00 bits per heavy atom. The number of rotatable bonds is 1. The predicted octanol–water partition coefficient (Wildman–Crippen LogP) is 2.93. The smallest absolute Gasteiger partial charge is 0.0323 e. The van der Waals surface area contributed by atoms with E-state index in [4.69, 9.17) is 4.42 Å². The van der Waals surface area contributed by atoms with Gasteiger partial charge < -0.3 is 9.40 Å². The summed E-state index contributed by atoms with van der Waals surface area (Å²) in [5, 5.41) is 0. The summed E-state index contributed by atoms with van der Waals surface area (Å²) < 4.78 is 5.18. The molecular weight excluding hydrogens is 322 g/mol. The van der Waals surface area contributed by atoms with E-state index in [2.05, 4.69) is 25.0 Å². The van der Waals surface area contributed by atoms with Gasteiger partial charge in [0.05, 0.1) is 0 Å². The molecule has 1 aromatic heterocycles. The number of oxazole rings is 1. The Balaban J connectivity index is 0. The molecule has 3 heteroatoms. The Morgan fingerprint density at radius 1 is 1.33 bits per heavy atom. The molecule has 70 valence electrons. The minimum atomic E-state index is 0. The van der Waals surface area contributed by atoms with E-state index in [0.29, 0.717) is 11.8 Å². The molecule has 0 spiro atoms. The van der Waals surface area contributed by atoms with Crippen molar-refractivity contribution in [3.05, 3.63) is 17.8 Å². The molecular formula is C9H16NOW-. The quantitative estimate of drug-likeness (QED) is 0.736. The minimum absolute atomic E-state index is 0. The molecule has 0 saturated carbocycles. The van der Waals surface area contributed by atoms with Crippen LogP contribution in [0.4, 0.5) is 0 Å². The van der Waals surface area contributed by atoms with Crippen molar-refractivity contribution in [2.75, 3.05) is 0 Å². The Bertz CT molecular complexity index is 196. The van der Waals surface area contributed by atoms with Crippen LogP contribution in [0, 0.1) is 13.1 Å². The molecule has 0 aromatic carbocycles. The van der Waals surface area contributed by atoms with Gasteiger partial charge in [0.1, 0.15) is 0 Å². The molecule has 0 unspecified atom stereocenters. The van der Waals surface area contributed by atoms with Gasteiger partial charge in [-0.05, 0) is 5.92 Å². The van der Waals surface area contributed by atoms with E-state index in [1.54, 1.807) is 0 Å². The minimum Gasteiger partial charge on any atom is -0.550 e. The van der Waals surface area contributed by atoms with E-state index >= 15 is 0 Å². The largest absolute Gasteiger partial charge is 0.550 e. The molecule has 0 amide bonds. The van der Waals surface area contributed by atoms with Crippen molar-refractivity contribution in [1.29, 1.82) is 0 Å². The molecule has 0 N–H and O–H groups in total. The number of aryl methyl sites for hydroxylation is 1. The van der Waals surface area contributed by atoms with Crippen LogP contribution in [0.15, 0.2) is 4.42 Å². The second kappa shape index (κ2) is 7.54. The molecule has 0 fully saturated rings. The van der Waals surface area contributed by atoms with Gasteiger partial charge in [0.25, 0.3) is 0 Å². The fourth-order valence-electron chi connectivity index (χ4n) is 0.586. The predicted molar refractivity (Wildman–Crippen MR) is 45.5 cm³/mol. The van der Waals surface area contributed by atoms with Crippen LogP contribution in [0.1, 0.15) is 45.3 Å². The van der Waals surface area contributed by atoms with Gasteiger partial charge >= 0.3 is 0 Å². The summed E-state index contributed by atoms with van der Waals surface area (Å²) in [5.41, 5.74) is 0. The Morgan fingerprint density at radius 2 is 1.83 bits per heavy atom. The molecule has 0 radical (unpaired) electrons. The zero-order valence-corrected chi connectivity index (χ0v) is 11.3. The molecule has 0 saturated heterocycles. The average molecular weight is 338 g/mol. The van der Waals surface area contributed by atoms with Crippen molar-refractivity contribution >= 4 is 0 Å². The third kappa shape index (κ3) is 4.71. The van der Waals surface area contributed by atoms with E-state index in [9.17, 15) is 0 Å². The molecule has 0 aliphatic rings. The van der Waals surface area contributed by atoms with Gasteiger partial charge in [-0.25, -0.2) is 0 Å². The van der Waals surface area contributed by atoms with Gasteiger partial charge in [-0.15, -0.1) is 6.20 Å². The maximum Gasteiger partial charge on any atom is 0.0323 e. The molecule has 0 bridgehead atoms. The summed E-state index contributed by atoms with van der Waals surface area (Å²) in [4.78, 5) is 3.85. The second-order valence-electron chi connectivity index (χ2n) is 2.36. The van der Waals surface area contributed by atoms with Crippen LogP contribution in [0.3, 0.4) is 0 Å². The molecule has 1 heterocycles. The van der Waals surface area contributed by atoms with Crippen LogP contribution < -0.4 is 0 Å². The first-order chi connectivity index (χ1) is 5.20. The maximum absolute atomic E-state index is 5.18. The van der Waals surface area contributed by atoms with Gasteiger partial charge in [0.15, 0.2) is 0 Å². The number of hydrogen-bond acceptors (Lipinski definition) is 2. The zero-order valence-electron chi connectivity index (χ0n) is 8.34. The van der Waals surface area contributed by atoms with Crippen LogP contribution in [-0.2, 0) is 21.1 Å². The molecule has 1 rings (SSSR count). The van der Waals surface area contributed by atoms with Crippen LogP contribution in [0.25, 0.3) is 0 Å². The Labute approximate surface area is 89.0 Å². The van der Waals surface area contributed by atoms with E-state index in [-0.39, 0.29) is 21.1 Å². The van der Waals surface area contributed by atoms with Gasteiger partial charge in [0.2, 0.25) is 0 Å². The number of aromatic nitrogens is 1. The summed E-state index contributed by atoms with van der Waals surface area (Å²) in [5.74, 6) is 1.93. The van der Waals surface area contributed by atoms with E-state index < -0.39 is 0 Å². The summed E-state index contributed by atoms with van der Waals surface area (Å²) in [6.07, 6.45) is 2.79. The van der Waals surface area contributed by atoms with Crippen molar-refractivity contribution in [3.8, 4) is 0 Å². The second-order valence-corrected chi connectivity index (χ2v) is 2.36. The van der Waals surface area contributed by atoms with Crippen molar-refractivity contribution < 1.29 is 25.5 Å². The molecule has 0 atom stereocenters. The monoisotopic (exact) mass is 338 g/mol. The Kier molecular flexibility index (Phi) is 9.07. The molecule has 2 nitrogen and oxygen atoms in total. The summed E-state index contributed by atoms with van der Waals surface area (Å²) in [6.45, 7) is 9.93. The Hall–Kier alpha value is -0.102. The van der Waals surface area contributed by atoms with Gasteiger partial charge in [-0.1, -0.05) is 34.6 Å². The van der Waals surface area contributed by atoms with Crippen LogP contribution in [0.2, 0.25) is 0 Å². The molecule has 1 aromatic rings. The first-order valence-electron chi connectivity index (χ1n) is 4.05. The third-order valence-electron chi connectivity index (χ3n) is 1.11. The van der Waals surface area contributed by atoms with Crippen molar-refractivity contribution in [1.82, 2.24) is 4.98 Å². The number of hydrogen-bond donors (Lipinski definition) is 0. The third-order valence-corrected chi connectivity index (χ3v) is 1.11. The van der Waals surface area contributed by atoms with E-state index in [1.165, 1.54) is 0 Å². The fraction of sp³-hybridized carbons (Fsp3) is 0.667. The topological polar surface area (TPSA) is 26.0 Å². The first-order valence-corrected chi connectivity index (χ1v) is 4.05. The fourth-order valence-corrected chi connectivity index (χ4v) is 0.586. The van der Waals surface area contributed by atoms with Crippen LogP contribution in [0.5, 0.6) is 0 Å². The molecule has 0 aliphatic heterocycles. The summed E-state index contributed by atoms with van der Waals surface area (Å²) >= 11 is 0. The normalized spacial score (nSPS) is 8.50. The van der Waals surface area contributed by atoms with Crippen molar-refractivity contribution in [2.45, 2.75) is 40.5 Å². The molecule has 12 heavy (non-hydrogen) atoms. The van der Waals surface area contributed by atoms with Crippen molar-refractivity contribution in [2.24, 2.45) is 0 Å². The standard InChI is InChI=1S/C7H10NO.C2H6.W/c1-5(2)7-4-8-6(3)9-7;1-2;/h5H,1-3H3;1-2H3;/q-1;;. The zero-order chi connectivity index (χ0) is 8.85. The van der Waals surface area contributed by atoms with E-state index in [1.807, 2.05) is 20.8 Å². The maximum atomic E-state index is 5.18. The average Bonchev–Trinajstić information content (AvgIpc) is 2.40. The SMILES string of the molecule is CC.Cc1n[c-]c(C(C)C)o1.[W]. The first kappa shape index (κ1) is 14.4. The van der Waals surface area contributed by atoms with Crippen molar-refractivity contribution in [3.63, 3.8) is 0 Å². The van der Waals surface area contributed by atoms with Crippen LogP contribution in [-0.4, -0.2) is 4.98 Å². The summed E-state index contributed by atoms with van der Waals surface area (Å²) in [6, 6.07) is 0. The number of nitrogens with zero attached hydrogens (tertiary/aromatic N) is 1. The van der Waals surface area contributed by atoms with Crippen LogP contribution >= 0.6 is 0 Å². The van der Waals surface area contributed by atoms with Gasteiger partial charge in [0, 0.05) is 32.7 Å². The summed E-state index contributed by atoms with van der Waals surface area (Å²) in [7, 11) is 0. The van der Waals surface area contributed by atoms with Gasteiger partial charge in [-0.3, -0.25) is 0 Å². The van der Waals surface area contributed by atoms with Gasteiger partial charge in [-0.2, -0.15) is 0 Å². The van der Waals surface area contributed by atoms with E-state index in [0.717, 1.165) is 5.76 Å².